The normalized spacial score (nSPS) is 11.7. The Labute approximate surface area is 131 Å². The van der Waals surface area contributed by atoms with E-state index in [2.05, 4.69) is 34.3 Å². The fourth-order valence-electron chi connectivity index (χ4n) is 2.01. The maximum absolute atomic E-state index is 5.66. The van der Waals surface area contributed by atoms with Crippen LogP contribution in [0.3, 0.4) is 0 Å². The van der Waals surface area contributed by atoms with Crippen LogP contribution in [0, 0.1) is 0 Å². The first kappa shape index (κ1) is 14.2. The van der Waals surface area contributed by atoms with Gasteiger partial charge in [0, 0.05) is 0 Å². The van der Waals surface area contributed by atoms with Gasteiger partial charge in [-0.1, -0.05) is 48.2 Å². The molecule has 2 heterocycles. The lowest BCUT2D eigenvalue weighted by molar-refractivity contribution is 0.795. The Balaban J connectivity index is 1.71. The lowest BCUT2D eigenvalue weighted by atomic mass is 10.1. The lowest BCUT2D eigenvalue weighted by Gasteiger charge is -1.99. The molecule has 0 spiro atoms. The molecule has 0 bridgehead atoms. The van der Waals surface area contributed by atoms with Crippen LogP contribution in [-0.4, -0.2) is 4.98 Å². The quantitative estimate of drug-likeness (QED) is 0.614. The van der Waals surface area contributed by atoms with E-state index < -0.39 is 0 Å². The van der Waals surface area contributed by atoms with Gasteiger partial charge in [-0.3, -0.25) is 0 Å². The molecule has 0 fully saturated rings. The molecule has 3 rings (SSSR count). The van der Waals surface area contributed by atoms with Crippen molar-refractivity contribution >= 4 is 48.0 Å². The molecule has 21 heavy (non-hydrogen) atoms. The molecule has 0 saturated carbocycles. The van der Waals surface area contributed by atoms with Gasteiger partial charge < -0.3 is 5.73 Å². The summed E-state index contributed by atoms with van der Waals surface area (Å²) in [6, 6.07) is 10.3. The van der Waals surface area contributed by atoms with Crippen molar-refractivity contribution in [1.82, 2.24) is 4.98 Å². The van der Waals surface area contributed by atoms with Crippen molar-refractivity contribution in [3.63, 3.8) is 0 Å². The standard InChI is InChI=1S/C15H16N4S2/c1-2-3-4-10-5-7-11(8-6-10)18-19-13-9-12-14(21-13)17-15(16)20-12/h5-9H,2-4H2,1H3,(H2,16,17)/b19-18+. The van der Waals surface area contributed by atoms with Crippen LogP contribution in [0.25, 0.3) is 9.53 Å². The van der Waals surface area contributed by atoms with Crippen LogP contribution in [0.2, 0.25) is 0 Å². The number of fused-ring (bicyclic) bond motifs is 1. The van der Waals surface area contributed by atoms with Gasteiger partial charge in [0.15, 0.2) is 5.13 Å². The van der Waals surface area contributed by atoms with Gasteiger partial charge in [-0.05, 0) is 36.6 Å². The zero-order chi connectivity index (χ0) is 14.7. The van der Waals surface area contributed by atoms with Crippen molar-refractivity contribution in [1.29, 1.82) is 0 Å². The Kier molecular flexibility index (Phi) is 4.26. The van der Waals surface area contributed by atoms with E-state index >= 15 is 0 Å². The van der Waals surface area contributed by atoms with Gasteiger partial charge >= 0.3 is 0 Å². The number of anilines is 1. The van der Waals surface area contributed by atoms with Crippen LogP contribution in [0.15, 0.2) is 40.6 Å². The summed E-state index contributed by atoms with van der Waals surface area (Å²) in [7, 11) is 0. The first-order valence-corrected chi connectivity index (χ1v) is 8.54. The molecule has 4 nitrogen and oxygen atoms in total. The van der Waals surface area contributed by atoms with Crippen LogP contribution in [0.4, 0.5) is 15.8 Å². The molecule has 0 aliphatic rings. The van der Waals surface area contributed by atoms with Crippen molar-refractivity contribution < 1.29 is 0 Å². The molecule has 108 valence electrons. The number of aryl methyl sites for hydroxylation is 1. The minimum atomic E-state index is 0.599. The number of unbranched alkanes of at least 4 members (excludes halogenated alkanes) is 1. The number of hydrogen-bond acceptors (Lipinski definition) is 6. The molecule has 0 aliphatic heterocycles. The number of aromatic nitrogens is 1. The van der Waals surface area contributed by atoms with Crippen LogP contribution in [-0.2, 0) is 6.42 Å². The zero-order valence-corrected chi connectivity index (χ0v) is 13.4. The van der Waals surface area contributed by atoms with E-state index in [1.54, 1.807) is 0 Å². The monoisotopic (exact) mass is 316 g/mol. The highest BCUT2D eigenvalue weighted by atomic mass is 32.1. The van der Waals surface area contributed by atoms with Gasteiger partial charge in [0.25, 0.3) is 0 Å². The van der Waals surface area contributed by atoms with Gasteiger partial charge in [0.05, 0.1) is 10.4 Å². The maximum atomic E-state index is 5.66. The van der Waals surface area contributed by atoms with E-state index in [0.717, 1.165) is 26.6 Å². The number of hydrogen-bond donors (Lipinski definition) is 1. The molecule has 1 aromatic carbocycles. The second kappa shape index (κ2) is 6.32. The summed E-state index contributed by atoms with van der Waals surface area (Å²) >= 11 is 2.99. The van der Waals surface area contributed by atoms with Crippen molar-refractivity contribution in [3.8, 4) is 0 Å². The summed E-state index contributed by atoms with van der Waals surface area (Å²) in [4.78, 5) is 5.17. The Morgan fingerprint density at radius 3 is 2.67 bits per heavy atom. The molecule has 0 saturated heterocycles. The fourth-order valence-corrected chi connectivity index (χ4v) is 3.81. The predicted molar refractivity (Wildman–Crippen MR) is 91.1 cm³/mol. The van der Waals surface area contributed by atoms with E-state index in [0.29, 0.717) is 5.13 Å². The minimum absolute atomic E-state index is 0.599. The summed E-state index contributed by atoms with van der Waals surface area (Å²) < 4.78 is 1.07. The highest BCUT2D eigenvalue weighted by Gasteiger charge is 2.06. The summed E-state index contributed by atoms with van der Waals surface area (Å²) in [5.41, 5.74) is 7.89. The van der Waals surface area contributed by atoms with Gasteiger partial charge in [-0.25, -0.2) is 4.98 Å². The molecule has 0 aliphatic carbocycles. The van der Waals surface area contributed by atoms with Gasteiger partial charge in [0.1, 0.15) is 9.83 Å². The SMILES string of the molecule is CCCCc1ccc(/N=N/c2cc3sc(N)nc3s2)cc1. The summed E-state index contributed by atoms with van der Waals surface area (Å²) in [5.74, 6) is 0. The second-order valence-corrected chi connectivity index (χ2v) is 6.85. The molecule has 3 aromatic rings. The number of nitrogens with zero attached hydrogens (tertiary/aromatic N) is 3. The van der Waals surface area contributed by atoms with Gasteiger partial charge in [0.2, 0.25) is 0 Å². The number of azo groups is 1. The molecule has 2 aromatic heterocycles. The average Bonchev–Trinajstić information content (AvgIpc) is 3.01. The largest absolute Gasteiger partial charge is 0.375 e. The van der Waals surface area contributed by atoms with Crippen molar-refractivity contribution in [3.05, 3.63) is 35.9 Å². The molecule has 0 amide bonds. The third kappa shape index (κ3) is 3.46. The highest BCUT2D eigenvalue weighted by molar-refractivity contribution is 7.30. The maximum Gasteiger partial charge on any atom is 0.181 e. The highest BCUT2D eigenvalue weighted by Crippen LogP contribution is 2.36. The van der Waals surface area contributed by atoms with Gasteiger partial charge in [-0.2, -0.15) is 0 Å². The minimum Gasteiger partial charge on any atom is -0.375 e. The van der Waals surface area contributed by atoms with E-state index in [4.69, 9.17) is 5.73 Å². The van der Waals surface area contributed by atoms with E-state index in [-0.39, 0.29) is 0 Å². The number of benzene rings is 1. The molecule has 2 N–H and O–H groups in total. The molecule has 6 heteroatoms. The van der Waals surface area contributed by atoms with Crippen LogP contribution < -0.4 is 5.73 Å². The zero-order valence-electron chi connectivity index (χ0n) is 11.7. The predicted octanol–water partition coefficient (Wildman–Crippen LogP) is 5.70. The Morgan fingerprint density at radius 2 is 1.95 bits per heavy atom. The Hall–Kier alpha value is -1.79. The number of nitrogen functional groups attached to an aromatic ring is 1. The Bertz CT molecular complexity index is 724. The summed E-state index contributed by atoms with van der Waals surface area (Å²) in [5, 5.41) is 10.0. The van der Waals surface area contributed by atoms with Crippen molar-refractivity contribution in [2.75, 3.05) is 5.73 Å². The van der Waals surface area contributed by atoms with Crippen LogP contribution in [0.1, 0.15) is 25.3 Å². The summed E-state index contributed by atoms with van der Waals surface area (Å²) in [6.45, 7) is 2.21. The first-order chi connectivity index (χ1) is 10.2. The summed E-state index contributed by atoms with van der Waals surface area (Å²) in [6.07, 6.45) is 3.57. The smallest absolute Gasteiger partial charge is 0.181 e. The van der Waals surface area contributed by atoms with Crippen molar-refractivity contribution in [2.45, 2.75) is 26.2 Å². The fraction of sp³-hybridized carbons (Fsp3) is 0.267. The number of rotatable bonds is 5. The van der Waals surface area contributed by atoms with Crippen LogP contribution in [0.5, 0.6) is 0 Å². The second-order valence-electron chi connectivity index (χ2n) is 4.78. The first-order valence-electron chi connectivity index (χ1n) is 6.91. The van der Waals surface area contributed by atoms with E-state index in [1.807, 2.05) is 18.2 Å². The number of thiophene rings is 1. The van der Waals surface area contributed by atoms with Crippen molar-refractivity contribution in [2.24, 2.45) is 10.2 Å². The average molecular weight is 316 g/mol. The van der Waals surface area contributed by atoms with Gasteiger partial charge in [-0.15, -0.1) is 10.2 Å². The molecule has 0 unspecified atom stereocenters. The Morgan fingerprint density at radius 1 is 1.14 bits per heavy atom. The number of thiazole rings is 1. The third-order valence-corrected chi connectivity index (χ3v) is 4.99. The molecule has 0 atom stereocenters. The molecule has 0 radical (unpaired) electrons. The number of nitrogens with two attached hydrogens (primary N) is 1. The molecular weight excluding hydrogens is 300 g/mol. The van der Waals surface area contributed by atoms with Crippen LogP contribution >= 0.6 is 22.7 Å². The lowest BCUT2D eigenvalue weighted by Crippen LogP contribution is -1.82. The topological polar surface area (TPSA) is 63.6 Å². The van der Waals surface area contributed by atoms with E-state index in [9.17, 15) is 0 Å². The van der Waals surface area contributed by atoms with E-state index in [1.165, 1.54) is 41.1 Å². The third-order valence-electron chi connectivity index (χ3n) is 3.11. The molecular formula is C15H16N4S2.